The summed E-state index contributed by atoms with van der Waals surface area (Å²) in [6.45, 7) is 3.33. The highest BCUT2D eigenvalue weighted by Crippen LogP contribution is 2.28. The van der Waals surface area contributed by atoms with Gasteiger partial charge in [0, 0.05) is 11.6 Å². The van der Waals surface area contributed by atoms with Crippen LogP contribution in [0, 0.1) is 0 Å². The second-order valence-electron chi connectivity index (χ2n) is 4.51. The van der Waals surface area contributed by atoms with Crippen molar-refractivity contribution in [3.8, 4) is 11.5 Å². The van der Waals surface area contributed by atoms with Crippen molar-refractivity contribution in [1.29, 1.82) is 0 Å². The van der Waals surface area contributed by atoms with Crippen molar-refractivity contribution in [3.05, 3.63) is 53.1 Å². The van der Waals surface area contributed by atoms with Gasteiger partial charge in [-0.1, -0.05) is 30.7 Å². The smallest absolute Gasteiger partial charge is 0.142 e. The second-order valence-corrected chi connectivity index (χ2v) is 4.95. The van der Waals surface area contributed by atoms with Crippen molar-refractivity contribution in [2.24, 2.45) is 0 Å². The van der Waals surface area contributed by atoms with Crippen molar-refractivity contribution in [1.82, 2.24) is 0 Å². The lowest BCUT2D eigenvalue weighted by molar-refractivity contribution is 0.319. The van der Waals surface area contributed by atoms with Gasteiger partial charge in [-0.3, -0.25) is 0 Å². The van der Waals surface area contributed by atoms with E-state index in [1.807, 2.05) is 30.3 Å². The molecule has 0 radical (unpaired) electrons. The van der Waals surface area contributed by atoms with Crippen LogP contribution in [0.2, 0.25) is 5.02 Å². The highest BCUT2D eigenvalue weighted by atomic mass is 35.5. The normalized spacial score (nSPS) is 10.3. The molecule has 2 aromatic carbocycles. The lowest BCUT2D eigenvalue weighted by Crippen LogP contribution is -2.03. The van der Waals surface area contributed by atoms with E-state index in [-0.39, 0.29) is 5.75 Å². The van der Waals surface area contributed by atoms with Gasteiger partial charge in [0.15, 0.2) is 0 Å². The van der Waals surface area contributed by atoms with Crippen LogP contribution in [-0.2, 0) is 6.54 Å². The van der Waals surface area contributed by atoms with Crippen molar-refractivity contribution < 1.29 is 9.84 Å². The van der Waals surface area contributed by atoms with E-state index >= 15 is 0 Å². The monoisotopic (exact) mass is 291 g/mol. The summed E-state index contributed by atoms with van der Waals surface area (Å²) in [5.74, 6) is 1.05. The van der Waals surface area contributed by atoms with Crippen molar-refractivity contribution >= 4 is 17.3 Å². The predicted octanol–water partition coefficient (Wildman–Crippen LogP) is 4.45. The highest BCUT2D eigenvalue weighted by Gasteiger charge is 2.05. The Bertz CT molecular complexity index is 572. The fourth-order valence-corrected chi connectivity index (χ4v) is 2.01. The van der Waals surface area contributed by atoms with Crippen LogP contribution in [-0.4, -0.2) is 11.7 Å². The molecule has 0 aliphatic carbocycles. The van der Waals surface area contributed by atoms with Crippen molar-refractivity contribution in [2.75, 3.05) is 11.9 Å². The molecular weight excluding hydrogens is 274 g/mol. The lowest BCUT2D eigenvalue weighted by atomic mass is 10.2. The summed E-state index contributed by atoms with van der Waals surface area (Å²) in [6, 6.07) is 12.7. The van der Waals surface area contributed by atoms with Gasteiger partial charge in [-0.25, -0.2) is 0 Å². The number of hydrogen-bond acceptors (Lipinski definition) is 3. The van der Waals surface area contributed by atoms with E-state index in [0.717, 1.165) is 23.4 Å². The molecule has 0 saturated carbocycles. The number of ether oxygens (including phenoxy) is 1. The van der Waals surface area contributed by atoms with E-state index in [2.05, 4.69) is 12.2 Å². The first kappa shape index (κ1) is 14.5. The molecular formula is C16H18ClNO2. The number of nitrogens with one attached hydrogen (secondary N) is 1. The van der Waals surface area contributed by atoms with Gasteiger partial charge < -0.3 is 15.2 Å². The van der Waals surface area contributed by atoms with Crippen LogP contribution >= 0.6 is 11.6 Å². The van der Waals surface area contributed by atoms with Crippen LogP contribution in [0.15, 0.2) is 42.5 Å². The largest absolute Gasteiger partial charge is 0.508 e. The Kier molecular flexibility index (Phi) is 5.13. The zero-order valence-corrected chi connectivity index (χ0v) is 12.2. The van der Waals surface area contributed by atoms with E-state index in [9.17, 15) is 5.11 Å². The number of halogens is 1. The number of benzene rings is 2. The summed E-state index contributed by atoms with van der Waals surface area (Å²) in [5.41, 5.74) is 1.85. The third-order valence-electron chi connectivity index (χ3n) is 2.80. The number of hydrogen-bond donors (Lipinski definition) is 2. The average Bonchev–Trinajstić information content (AvgIpc) is 2.44. The number of anilines is 1. The van der Waals surface area contributed by atoms with Crippen LogP contribution in [0.5, 0.6) is 11.5 Å². The summed E-state index contributed by atoms with van der Waals surface area (Å²) in [5, 5.41) is 13.4. The Labute approximate surface area is 124 Å². The number of phenols is 1. The van der Waals surface area contributed by atoms with Gasteiger partial charge in [-0.05, 0) is 42.3 Å². The molecule has 0 spiro atoms. The Morgan fingerprint density at radius 2 is 2.05 bits per heavy atom. The quantitative estimate of drug-likeness (QED) is 0.826. The Hall–Kier alpha value is -1.87. The van der Waals surface area contributed by atoms with Crippen LogP contribution < -0.4 is 10.1 Å². The number of aromatic hydroxyl groups is 1. The maximum Gasteiger partial charge on any atom is 0.142 e. The summed E-state index contributed by atoms with van der Waals surface area (Å²) >= 11 is 6.02. The molecule has 2 rings (SSSR count). The van der Waals surface area contributed by atoms with Crippen molar-refractivity contribution in [3.63, 3.8) is 0 Å². The van der Waals surface area contributed by atoms with Gasteiger partial charge >= 0.3 is 0 Å². The standard InChI is InChI=1S/C16H18ClNO2/c1-2-8-20-16-7-6-13(17)10-15(16)18-11-12-4-3-5-14(19)9-12/h3-7,9-10,18-19H,2,8,11H2,1H3. The first-order valence-electron chi connectivity index (χ1n) is 6.63. The third kappa shape index (κ3) is 4.07. The molecule has 0 heterocycles. The van der Waals surface area contributed by atoms with E-state index in [4.69, 9.17) is 16.3 Å². The first-order valence-corrected chi connectivity index (χ1v) is 7.01. The maximum atomic E-state index is 9.45. The van der Waals surface area contributed by atoms with Crippen molar-refractivity contribution in [2.45, 2.75) is 19.9 Å². The molecule has 0 aliphatic rings. The van der Waals surface area contributed by atoms with Gasteiger partial charge in [-0.2, -0.15) is 0 Å². The topological polar surface area (TPSA) is 41.5 Å². The Morgan fingerprint density at radius 3 is 2.80 bits per heavy atom. The van der Waals surface area contributed by atoms with E-state index in [1.54, 1.807) is 12.1 Å². The summed E-state index contributed by atoms with van der Waals surface area (Å²) < 4.78 is 5.68. The van der Waals surface area contributed by atoms with E-state index < -0.39 is 0 Å². The number of rotatable bonds is 6. The van der Waals surface area contributed by atoms with Crippen LogP contribution in [0.3, 0.4) is 0 Å². The Balaban J connectivity index is 2.09. The highest BCUT2D eigenvalue weighted by molar-refractivity contribution is 6.30. The van der Waals surface area contributed by atoms with Crippen LogP contribution in [0.1, 0.15) is 18.9 Å². The van der Waals surface area contributed by atoms with Gasteiger partial charge in [0.25, 0.3) is 0 Å². The van der Waals surface area contributed by atoms with E-state index in [1.165, 1.54) is 0 Å². The lowest BCUT2D eigenvalue weighted by Gasteiger charge is -2.13. The molecule has 4 heteroatoms. The van der Waals surface area contributed by atoms with Crippen LogP contribution in [0.25, 0.3) is 0 Å². The second kappa shape index (κ2) is 7.06. The minimum absolute atomic E-state index is 0.262. The molecule has 2 aromatic rings. The van der Waals surface area contributed by atoms with Gasteiger partial charge in [0.2, 0.25) is 0 Å². The molecule has 0 amide bonds. The zero-order valence-electron chi connectivity index (χ0n) is 11.4. The van der Waals surface area contributed by atoms with Gasteiger partial charge in [-0.15, -0.1) is 0 Å². The molecule has 3 nitrogen and oxygen atoms in total. The summed E-state index contributed by atoms with van der Waals surface area (Å²) in [7, 11) is 0. The molecule has 0 aromatic heterocycles. The number of phenolic OH excluding ortho intramolecular Hbond substituents is 1. The molecule has 0 bridgehead atoms. The minimum Gasteiger partial charge on any atom is -0.508 e. The van der Waals surface area contributed by atoms with E-state index in [0.29, 0.717) is 18.2 Å². The minimum atomic E-state index is 0.262. The fourth-order valence-electron chi connectivity index (χ4n) is 1.84. The molecule has 0 fully saturated rings. The molecule has 0 unspecified atom stereocenters. The van der Waals surface area contributed by atoms with Crippen LogP contribution in [0.4, 0.5) is 5.69 Å². The summed E-state index contributed by atoms with van der Waals surface area (Å²) in [4.78, 5) is 0. The SMILES string of the molecule is CCCOc1ccc(Cl)cc1NCc1cccc(O)c1. The molecule has 0 saturated heterocycles. The maximum absolute atomic E-state index is 9.45. The van der Waals surface area contributed by atoms with Gasteiger partial charge in [0.05, 0.1) is 12.3 Å². The molecule has 0 atom stereocenters. The fraction of sp³-hybridized carbons (Fsp3) is 0.250. The van der Waals surface area contributed by atoms with Gasteiger partial charge in [0.1, 0.15) is 11.5 Å². The third-order valence-corrected chi connectivity index (χ3v) is 3.03. The first-order chi connectivity index (χ1) is 9.69. The molecule has 20 heavy (non-hydrogen) atoms. The summed E-state index contributed by atoms with van der Waals surface area (Å²) in [6.07, 6.45) is 0.953. The average molecular weight is 292 g/mol. The molecule has 106 valence electrons. The Morgan fingerprint density at radius 1 is 1.20 bits per heavy atom. The zero-order chi connectivity index (χ0) is 14.4. The predicted molar refractivity (Wildman–Crippen MR) is 82.7 cm³/mol. The molecule has 0 aliphatic heterocycles. The molecule has 2 N–H and O–H groups in total.